The van der Waals surface area contributed by atoms with Gasteiger partial charge in [0.05, 0.1) is 20.8 Å². The Hall–Kier alpha value is -3.55. The molecule has 0 unspecified atom stereocenters. The smallest absolute Gasteiger partial charge is 0.227 e. The van der Waals surface area contributed by atoms with Crippen molar-refractivity contribution < 1.29 is 23.5 Å². The van der Waals surface area contributed by atoms with E-state index in [1.54, 1.807) is 26.4 Å². The van der Waals surface area contributed by atoms with E-state index in [1.165, 1.54) is 0 Å². The SMILES string of the molecule is COc1ccc(-c2noc(CCC(=O)NCCCOc3ccccc3)n2)cc1OC. The summed E-state index contributed by atoms with van der Waals surface area (Å²) in [6, 6.07) is 15.0. The first-order valence-electron chi connectivity index (χ1n) is 9.69. The Balaban J connectivity index is 1.40. The molecule has 1 aromatic heterocycles. The molecule has 158 valence electrons. The maximum absolute atomic E-state index is 12.0. The molecule has 8 nitrogen and oxygen atoms in total. The molecule has 0 fully saturated rings. The van der Waals surface area contributed by atoms with E-state index in [1.807, 2.05) is 36.4 Å². The average molecular weight is 411 g/mol. The highest BCUT2D eigenvalue weighted by Crippen LogP contribution is 2.31. The second-order valence-corrected chi connectivity index (χ2v) is 6.45. The number of hydrogen-bond donors (Lipinski definition) is 1. The number of aryl methyl sites for hydroxylation is 1. The van der Waals surface area contributed by atoms with E-state index in [2.05, 4.69) is 15.5 Å². The Kier molecular flexibility index (Phi) is 7.65. The van der Waals surface area contributed by atoms with Crippen molar-refractivity contribution in [2.75, 3.05) is 27.4 Å². The highest BCUT2D eigenvalue weighted by molar-refractivity contribution is 5.76. The summed E-state index contributed by atoms with van der Waals surface area (Å²) in [5.74, 6) is 2.80. The van der Waals surface area contributed by atoms with E-state index in [0.29, 0.717) is 42.8 Å². The topological polar surface area (TPSA) is 95.7 Å². The molecule has 1 heterocycles. The van der Waals surface area contributed by atoms with E-state index in [9.17, 15) is 4.79 Å². The van der Waals surface area contributed by atoms with Gasteiger partial charge in [0.1, 0.15) is 5.75 Å². The summed E-state index contributed by atoms with van der Waals surface area (Å²) < 4.78 is 21.4. The summed E-state index contributed by atoms with van der Waals surface area (Å²) in [5, 5.41) is 6.85. The van der Waals surface area contributed by atoms with E-state index < -0.39 is 0 Å². The number of carbonyl (C=O) groups excluding carboxylic acids is 1. The number of nitrogens with zero attached hydrogens (tertiary/aromatic N) is 2. The van der Waals surface area contributed by atoms with E-state index in [0.717, 1.165) is 17.7 Å². The van der Waals surface area contributed by atoms with Crippen molar-refractivity contribution in [2.24, 2.45) is 0 Å². The van der Waals surface area contributed by atoms with Crippen LogP contribution in [0, 0.1) is 0 Å². The highest BCUT2D eigenvalue weighted by Gasteiger charge is 2.13. The van der Waals surface area contributed by atoms with Crippen molar-refractivity contribution >= 4 is 5.91 Å². The summed E-state index contributed by atoms with van der Waals surface area (Å²) in [6.07, 6.45) is 1.37. The number of amides is 1. The monoisotopic (exact) mass is 411 g/mol. The minimum absolute atomic E-state index is 0.0689. The van der Waals surface area contributed by atoms with Crippen LogP contribution < -0.4 is 19.5 Å². The summed E-state index contributed by atoms with van der Waals surface area (Å²) >= 11 is 0. The molecule has 0 radical (unpaired) electrons. The molecule has 30 heavy (non-hydrogen) atoms. The molecule has 2 aromatic carbocycles. The Morgan fingerprint density at radius 1 is 1.07 bits per heavy atom. The molecule has 1 N–H and O–H groups in total. The Morgan fingerprint density at radius 3 is 2.63 bits per heavy atom. The first-order valence-corrected chi connectivity index (χ1v) is 9.69. The molecule has 1 amide bonds. The number of carbonyl (C=O) groups is 1. The van der Waals surface area contributed by atoms with Crippen molar-refractivity contribution in [3.05, 3.63) is 54.4 Å². The fraction of sp³-hybridized carbons (Fsp3) is 0.318. The second-order valence-electron chi connectivity index (χ2n) is 6.45. The van der Waals surface area contributed by atoms with Gasteiger partial charge in [0.25, 0.3) is 0 Å². The van der Waals surface area contributed by atoms with Crippen molar-refractivity contribution in [1.29, 1.82) is 0 Å². The lowest BCUT2D eigenvalue weighted by Gasteiger charge is -2.07. The van der Waals surface area contributed by atoms with Crippen LogP contribution in [0.1, 0.15) is 18.7 Å². The minimum Gasteiger partial charge on any atom is -0.494 e. The number of benzene rings is 2. The molecular formula is C22H25N3O5. The van der Waals surface area contributed by atoms with Crippen LogP contribution in [0.15, 0.2) is 53.1 Å². The lowest BCUT2D eigenvalue weighted by Crippen LogP contribution is -2.25. The zero-order chi connectivity index (χ0) is 21.2. The Morgan fingerprint density at radius 2 is 1.87 bits per heavy atom. The third-order valence-corrected chi connectivity index (χ3v) is 4.33. The van der Waals surface area contributed by atoms with Gasteiger partial charge in [0.15, 0.2) is 11.5 Å². The van der Waals surface area contributed by atoms with Gasteiger partial charge in [-0.1, -0.05) is 23.4 Å². The zero-order valence-electron chi connectivity index (χ0n) is 17.1. The van der Waals surface area contributed by atoms with Crippen LogP contribution in [-0.2, 0) is 11.2 Å². The van der Waals surface area contributed by atoms with E-state index in [-0.39, 0.29) is 12.3 Å². The van der Waals surface area contributed by atoms with E-state index >= 15 is 0 Å². The van der Waals surface area contributed by atoms with Gasteiger partial charge >= 0.3 is 0 Å². The van der Waals surface area contributed by atoms with Gasteiger partial charge in [-0.3, -0.25) is 4.79 Å². The van der Waals surface area contributed by atoms with Gasteiger partial charge in [-0.2, -0.15) is 4.98 Å². The number of hydrogen-bond acceptors (Lipinski definition) is 7. The molecule has 0 saturated carbocycles. The molecule has 0 aliphatic rings. The Bertz CT molecular complexity index is 943. The van der Waals surface area contributed by atoms with Crippen LogP contribution in [0.5, 0.6) is 17.2 Å². The molecule has 3 rings (SSSR count). The maximum atomic E-state index is 12.0. The molecule has 0 spiro atoms. The number of methoxy groups -OCH3 is 2. The predicted molar refractivity (Wildman–Crippen MR) is 111 cm³/mol. The molecule has 0 atom stereocenters. The van der Waals surface area contributed by atoms with Crippen molar-refractivity contribution in [3.63, 3.8) is 0 Å². The molecule has 0 saturated heterocycles. The normalized spacial score (nSPS) is 10.5. The fourth-order valence-electron chi connectivity index (χ4n) is 2.76. The van der Waals surface area contributed by atoms with Crippen LogP contribution in [0.3, 0.4) is 0 Å². The first kappa shape index (κ1) is 21.2. The molecular weight excluding hydrogens is 386 g/mol. The molecule has 8 heteroatoms. The van der Waals surface area contributed by atoms with Gasteiger partial charge in [-0.25, -0.2) is 0 Å². The summed E-state index contributed by atoms with van der Waals surface area (Å²) in [7, 11) is 3.14. The van der Waals surface area contributed by atoms with Gasteiger partial charge in [0, 0.05) is 24.9 Å². The van der Waals surface area contributed by atoms with Crippen molar-refractivity contribution in [2.45, 2.75) is 19.3 Å². The third kappa shape index (κ3) is 5.97. The van der Waals surface area contributed by atoms with Crippen LogP contribution in [0.2, 0.25) is 0 Å². The number of nitrogens with one attached hydrogen (secondary N) is 1. The number of rotatable bonds is 11. The number of aromatic nitrogens is 2. The third-order valence-electron chi connectivity index (χ3n) is 4.33. The summed E-state index contributed by atoms with van der Waals surface area (Å²) in [4.78, 5) is 16.4. The average Bonchev–Trinajstić information content (AvgIpc) is 3.27. The first-order chi connectivity index (χ1) is 14.7. The molecule has 0 bridgehead atoms. The van der Waals surface area contributed by atoms with Crippen molar-refractivity contribution in [3.8, 4) is 28.6 Å². The summed E-state index contributed by atoms with van der Waals surface area (Å²) in [6.45, 7) is 1.09. The quantitative estimate of drug-likeness (QED) is 0.484. The number of ether oxygens (including phenoxy) is 3. The summed E-state index contributed by atoms with van der Waals surface area (Å²) in [5.41, 5.74) is 0.741. The van der Waals surface area contributed by atoms with Gasteiger partial charge in [-0.15, -0.1) is 0 Å². The van der Waals surface area contributed by atoms with Crippen LogP contribution >= 0.6 is 0 Å². The highest BCUT2D eigenvalue weighted by atomic mass is 16.5. The van der Waals surface area contributed by atoms with E-state index in [4.69, 9.17) is 18.7 Å². The number of para-hydroxylation sites is 1. The molecule has 3 aromatic rings. The zero-order valence-corrected chi connectivity index (χ0v) is 17.1. The van der Waals surface area contributed by atoms with Gasteiger partial charge in [0.2, 0.25) is 17.6 Å². The fourth-order valence-corrected chi connectivity index (χ4v) is 2.76. The van der Waals surface area contributed by atoms with Crippen LogP contribution in [-0.4, -0.2) is 43.4 Å². The van der Waals surface area contributed by atoms with Crippen molar-refractivity contribution in [1.82, 2.24) is 15.5 Å². The van der Waals surface area contributed by atoms with Gasteiger partial charge in [-0.05, 0) is 36.8 Å². The molecule has 0 aliphatic carbocycles. The standard InChI is InChI=1S/C22H25N3O5/c1-27-18-10-9-16(15-19(18)28-2)22-24-21(30-25-22)12-11-20(26)23-13-6-14-29-17-7-4-3-5-8-17/h3-5,7-10,15H,6,11-14H2,1-2H3,(H,23,26). The minimum atomic E-state index is -0.0689. The Labute approximate surface area is 175 Å². The lowest BCUT2D eigenvalue weighted by molar-refractivity contribution is -0.121. The largest absolute Gasteiger partial charge is 0.494 e. The predicted octanol–water partition coefficient (Wildman–Crippen LogP) is 3.27. The van der Waals surface area contributed by atoms with Gasteiger partial charge < -0.3 is 24.1 Å². The molecule has 0 aliphatic heterocycles. The van der Waals surface area contributed by atoms with Crippen LogP contribution in [0.25, 0.3) is 11.4 Å². The maximum Gasteiger partial charge on any atom is 0.227 e. The van der Waals surface area contributed by atoms with Crippen LogP contribution in [0.4, 0.5) is 0 Å². The lowest BCUT2D eigenvalue weighted by atomic mass is 10.2. The second kappa shape index (κ2) is 10.8.